The molecule has 4 aromatic carbocycles. The van der Waals surface area contributed by atoms with Crippen LogP contribution in [0.5, 0.6) is 5.88 Å². The van der Waals surface area contributed by atoms with E-state index < -0.39 is 0 Å². The maximum absolute atomic E-state index is 11.8. The van der Waals surface area contributed by atoms with Gasteiger partial charge in [0.2, 0.25) is 5.88 Å². The van der Waals surface area contributed by atoms with Crippen molar-refractivity contribution in [3.05, 3.63) is 142 Å². The minimum Gasteiger partial charge on any atom is -0.494 e. The number of nitriles is 1. The third kappa shape index (κ3) is 3.40. The van der Waals surface area contributed by atoms with Crippen LogP contribution in [-0.2, 0) is 0 Å². The van der Waals surface area contributed by atoms with Crippen molar-refractivity contribution in [2.45, 2.75) is 6.04 Å². The zero-order valence-corrected chi connectivity index (χ0v) is 18.7. The van der Waals surface area contributed by atoms with Crippen LogP contribution in [0.15, 0.2) is 125 Å². The van der Waals surface area contributed by atoms with Crippen molar-refractivity contribution < 1.29 is 5.11 Å². The van der Waals surface area contributed by atoms with Crippen molar-refractivity contribution in [2.24, 2.45) is 9.98 Å². The lowest BCUT2D eigenvalue weighted by Crippen LogP contribution is -2.19. The van der Waals surface area contributed by atoms with Crippen LogP contribution in [0.2, 0.25) is 0 Å². The molecule has 5 heteroatoms. The summed E-state index contributed by atoms with van der Waals surface area (Å²) in [6.45, 7) is 0. The number of hydrogen-bond donors (Lipinski definition) is 1. The monoisotopic (exact) mass is 452 g/mol. The van der Waals surface area contributed by atoms with Crippen LogP contribution >= 0.6 is 0 Å². The molecule has 35 heavy (non-hydrogen) atoms. The molecule has 0 aliphatic carbocycles. The summed E-state index contributed by atoms with van der Waals surface area (Å²) >= 11 is 0. The Balaban J connectivity index is 1.67. The highest BCUT2D eigenvalue weighted by Gasteiger charge is 2.28. The van der Waals surface area contributed by atoms with Gasteiger partial charge in [0.05, 0.1) is 27.8 Å². The molecule has 0 saturated heterocycles. The van der Waals surface area contributed by atoms with Gasteiger partial charge in [0, 0.05) is 5.39 Å². The zero-order chi connectivity index (χ0) is 23.8. The van der Waals surface area contributed by atoms with Crippen molar-refractivity contribution in [2.75, 3.05) is 0 Å². The van der Waals surface area contributed by atoms with E-state index in [-0.39, 0.29) is 17.5 Å². The fourth-order valence-electron chi connectivity index (χ4n) is 4.76. The molecule has 0 fully saturated rings. The molecule has 0 unspecified atom stereocenters. The lowest BCUT2D eigenvalue weighted by molar-refractivity contribution is 0.416. The van der Waals surface area contributed by atoms with Gasteiger partial charge in [-0.05, 0) is 29.3 Å². The van der Waals surface area contributed by atoms with Crippen molar-refractivity contribution in [3.63, 3.8) is 0 Å². The second-order valence-electron chi connectivity index (χ2n) is 8.33. The second-order valence-corrected chi connectivity index (χ2v) is 8.33. The Morgan fingerprint density at radius 3 is 1.80 bits per heavy atom. The van der Waals surface area contributed by atoms with E-state index in [4.69, 9.17) is 0 Å². The topological polar surface area (TPSA) is 73.7 Å². The van der Waals surface area contributed by atoms with Crippen LogP contribution < -0.4 is 10.7 Å². The van der Waals surface area contributed by atoms with Gasteiger partial charge in [-0.3, -0.25) is 0 Å². The minimum atomic E-state index is -0.296. The number of aromatic hydroxyl groups is 1. The summed E-state index contributed by atoms with van der Waals surface area (Å²) in [7, 11) is 0. The molecule has 1 aliphatic heterocycles. The molecule has 1 aromatic heterocycles. The van der Waals surface area contributed by atoms with E-state index >= 15 is 0 Å². The summed E-state index contributed by atoms with van der Waals surface area (Å²) in [6.07, 6.45) is 0. The Labute approximate surface area is 201 Å². The van der Waals surface area contributed by atoms with Crippen LogP contribution in [0.3, 0.4) is 0 Å². The normalized spacial score (nSPS) is 12.2. The molecule has 0 radical (unpaired) electrons. The summed E-state index contributed by atoms with van der Waals surface area (Å²) in [4.78, 5) is 9.18. The first kappa shape index (κ1) is 20.6. The largest absolute Gasteiger partial charge is 0.494 e. The number of aromatic nitrogens is 1. The van der Waals surface area contributed by atoms with Gasteiger partial charge in [0.25, 0.3) is 0 Å². The number of benzene rings is 4. The highest BCUT2D eigenvalue weighted by atomic mass is 16.3. The van der Waals surface area contributed by atoms with Crippen LogP contribution in [0, 0.1) is 11.3 Å². The van der Waals surface area contributed by atoms with E-state index in [1.165, 1.54) is 0 Å². The zero-order valence-electron chi connectivity index (χ0n) is 18.7. The Bertz CT molecular complexity index is 1680. The molecule has 0 amide bonds. The van der Waals surface area contributed by atoms with Crippen molar-refractivity contribution in [1.82, 2.24) is 4.57 Å². The maximum atomic E-state index is 11.8. The standard InChI is InChI=1S/C30H20N4O/c31-19-23(29-32-24-16-8-9-17-25(24)33-29)27-22-15-7-10-18-26(22)34(30(27)35)28(20-11-3-1-4-12-20)21-13-5-2-6-14-21/h1-18,28,35H. The Morgan fingerprint density at radius 1 is 0.714 bits per heavy atom. The van der Waals surface area contributed by atoms with Crippen molar-refractivity contribution in [1.29, 1.82) is 5.26 Å². The average molecular weight is 453 g/mol. The highest BCUT2D eigenvalue weighted by molar-refractivity contribution is 6.00. The molecule has 6 rings (SSSR count). The first-order chi connectivity index (χ1) is 17.3. The van der Waals surface area contributed by atoms with Gasteiger partial charge in [-0.25, -0.2) is 9.98 Å². The molecule has 1 aliphatic rings. The van der Waals surface area contributed by atoms with Gasteiger partial charge >= 0.3 is 0 Å². The molecule has 166 valence electrons. The summed E-state index contributed by atoms with van der Waals surface area (Å²) < 4.78 is 1.90. The molecular formula is C30H20N4O. The fourth-order valence-corrected chi connectivity index (χ4v) is 4.76. The lowest BCUT2D eigenvalue weighted by atomic mass is 9.98. The average Bonchev–Trinajstić information content (AvgIpc) is 3.46. The molecule has 5 nitrogen and oxygen atoms in total. The van der Waals surface area contributed by atoms with Crippen molar-refractivity contribution >= 4 is 16.5 Å². The Morgan fingerprint density at radius 2 is 1.23 bits per heavy atom. The first-order valence-electron chi connectivity index (χ1n) is 11.4. The number of hydrogen-bond acceptors (Lipinski definition) is 4. The lowest BCUT2D eigenvalue weighted by Gasteiger charge is -2.22. The fraction of sp³-hybridized carbons (Fsp3) is 0.0333. The molecule has 0 spiro atoms. The number of fused-ring (bicyclic) bond motifs is 2. The van der Waals surface area contributed by atoms with E-state index in [0.717, 1.165) is 22.0 Å². The molecule has 5 aromatic rings. The molecular weight excluding hydrogens is 432 g/mol. The van der Waals surface area contributed by atoms with Crippen LogP contribution in [0.4, 0.5) is 0 Å². The number of para-hydroxylation sites is 3. The smallest absolute Gasteiger partial charge is 0.201 e. The number of nitrogens with zero attached hydrogens (tertiary/aromatic N) is 4. The maximum Gasteiger partial charge on any atom is 0.201 e. The van der Waals surface area contributed by atoms with E-state index in [1.54, 1.807) is 0 Å². The van der Waals surface area contributed by atoms with Gasteiger partial charge < -0.3 is 9.67 Å². The van der Waals surface area contributed by atoms with Gasteiger partial charge in [-0.2, -0.15) is 5.26 Å². The van der Waals surface area contributed by atoms with Crippen LogP contribution in [-0.4, -0.2) is 9.67 Å². The molecule has 0 atom stereocenters. The predicted octanol–water partition coefficient (Wildman–Crippen LogP) is 5.13. The third-order valence-electron chi connectivity index (χ3n) is 6.29. The summed E-state index contributed by atoms with van der Waals surface area (Å²) in [5, 5.41) is 24.2. The van der Waals surface area contributed by atoms with Gasteiger partial charge in [0.15, 0.2) is 5.82 Å². The Hall–Kier alpha value is -4.95. The van der Waals surface area contributed by atoms with E-state index in [2.05, 4.69) is 16.1 Å². The summed E-state index contributed by atoms with van der Waals surface area (Å²) in [5.74, 6) is 0.317. The molecule has 0 saturated carbocycles. The van der Waals surface area contributed by atoms with E-state index in [9.17, 15) is 10.4 Å². The van der Waals surface area contributed by atoms with Crippen LogP contribution in [0.1, 0.15) is 22.7 Å². The third-order valence-corrected chi connectivity index (χ3v) is 6.29. The molecule has 2 heterocycles. The summed E-state index contributed by atoms with van der Waals surface area (Å²) in [5.41, 5.74) is 3.55. The predicted molar refractivity (Wildman–Crippen MR) is 135 cm³/mol. The highest BCUT2D eigenvalue weighted by Crippen LogP contribution is 2.43. The quantitative estimate of drug-likeness (QED) is 0.384. The number of rotatable bonds is 4. The van der Waals surface area contributed by atoms with E-state index in [0.29, 0.717) is 22.1 Å². The molecule has 1 N–H and O–H groups in total. The van der Waals surface area contributed by atoms with Gasteiger partial charge in [-0.1, -0.05) is 91.0 Å². The van der Waals surface area contributed by atoms with E-state index in [1.807, 2.05) is 114 Å². The van der Waals surface area contributed by atoms with Crippen LogP contribution in [0.25, 0.3) is 16.5 Å². The minimum absolute atomic E-state index is 0.00862. The van der Waals surface area contributed by atoms with Gasteiger partial charge in [-0.15, -0.1) is 0 Å². The van der Waals surface area contributed by atoms with Gasteiger partial charge in [0.1, 0.15) is 11.6 Å². The first-order valence-corrected chi connectivity index (χ1v) is 11.4. The molecule has 0 bridgehead atoms. The summed E-state index contributed by atoms with van der Waals surface area (Å²) in [6, 6.07) is 37.3. The SMILES string of the molecule is N#CC(=C1N=c2ccccc2=N1)c1c(O)n(C(c2ccccc2)c2ccccc2)c2ccccc12. The number of allylic oxidation sites excluding steroid dienone is 1. The van der Waals surface area contributed by atoms with Crippen molar-refractivity contribution in [3.8, 4) is 11.9 Å². The Kier molecular flexibility index (Phi) is 4.98. The second kappa shape index (κ2) is 8.44.